The van der Waals surface area contributed by atoms with E-state index in [1.165, 1.54) is 12.0 Å². The zero-order valence-electron chi connectivity index (χ0n) is 12.9. The Balaban J connectivity index is 1.51. The zero-order valence-corrected chi connectivity index (χ0v) is 13.7. The molecule has 0 spiro atoms. The van der Waals surface area contributed by atoms with Gasteiger partial charge in [-0.05, 0) is 48.0 Å². The van der Waals surface area contributed by atoms with Crippen LogP contribution in [0.1, 0.15) is 35.8 Å². The zero-order chi connectivity index (χ0) is 14.7. The topological polar surface area (TPSA) is 28.4 Å². The van der Waals surface area contributed by atoms with E-state index in [0.717, 1.165) is 44.2 Å². The highest BCUT2D eigenvalue weighted by molar-refractivity contribution is 7.10. The molecule has 1 aliphatic heterocycles. The fraction of sp³-hybridized carbons (Fsp3) is 0.529. The molecular weight excluding hydrogens is 280 g/mol. The minimum absolute atomic E-state index is 0.674. The second-order valence-corrected chi connectivity index (χ2v) is 7.22. The molecule has 114 valence electrons. The lowest BCUT2D eigenvalue weighted by atomic mass is 10.1. The summed E-state index contributed by atoms with van der Waals surface area (Å²) in [6, 6.07) is 6.48. The van der Waals surface area contributed by atoms with Crippen molar-refractivity contribution in [2.75, 3.05) is 13.1 Å². The summed E-state index contributed by atoms with van der Waals surface area (Å²) >= 11 is 1.89. The number of furan rings is 1. The molecule has 3 heterocycles. The molecule has 3 rings (SSSR count). The van der Waals surface area contributed by atoms with Crippen molar-refractivity contribution in [1.82, 2.24) is 10.2 Å². The molecule has 2 aromatic rings. The quantitative estimate of drug-likeness (QED) is 0.883. The molecule has 0 saturated heterocycles. The maximum Gasteiger partial charge on any atom is 0.118 e. The number of rotatable bonds is 6. The molecule has 3 nitrogen and oxygen atoms in total. The van der Waals surface area contributed by atoms with E-state index in [9.17, 15) is 0 Å². The predicted molar refractivity (Wildman–Crippen MR) is 87.4 cm³/mol. The minimum atomic E-state index is 0.674. The molecule has 1 aliphatic rings. The summed E-state index contributed by atoms with van der Waals surface area (Å²) in [5.41, 5.74) is 1.50. The molecule has 2 aromatic heterocycles. The summed E-state index contributed by atoms with van der Waals surface area (Å²) in [5.74, 6) is 2.79. The number of nitrogens with one attached hydrogen (secondary N) is 1. The summed E-state index contributed by atoms with van der Waals surface area (Å²) in [4.78, 5) is 4.03. The van der Waals surface area contributed by atoms with Gasteiger partial charge >= 0.3 is 0 Å². The van der Waals surface area contributed by atoms with Crippen LogP contribution < -0.4 is 5.32 Å². The molecule has 1 N–H and O–H groups in total. The van der Waals surface area contributed by atoms with Crippen LogP contribution in [0.4, 0.5) is 0 Å². The predicted octanol–water partition coefficient (Wildman–Crippen LogP) is 3.65. The van der Waals surface area contributed by atoms with Gasteiger partial charge in [-0.2, -0.15) is 0 Å². The molecule has 0 atom stereocenters. The molecular formula is C17H24N2OS. The molecule has 0 aromatic carbocycles. The van der Waals surface area contributed by atoms with Crippen molar-refractivity contribution in [3.8, 4) is 0 Å². The van der Waals surface area contributed by atoms with Gasteiger partial charge in [0.1, 0.15) is 11.5 Å². The molecule has 0 amide bonds. The maximum atomic E-state index is 5.94. The second-order valence-electron chi connectivity index (χ2n) is 6.22. The van der Waals surface area contributed by atoms with Gasteiger partial charge in [0.05, 0.1) is 13.1 Å². The minimum Gasteiger partial charge on any atom is -0.463 e. The maximum absolute atomic E-state index is 5.94. The van der Waals surface area contributed by atoms with Crippen LogP contribution in [0.15, 0.2) is 28.0 Å². The number of hydrogen-bond donors (Lipinski definition) is 1. The number of thiophene rings is 1. The number of hydrogen-bond acceptors (Lipinski definition) is 4. The average molecular weight is 304 g/mol. The Hall–Kier alpha value is -1.10. The van der Waals surface area contributed by atoms with E-state index in [2.05, 4.69) is 47.6 Å². The first-order chi connectivity index (χ1) is 10.2. The average Bonchev–Trinajstić information content (AvgIpc) is 3.07. The molecule has 21 heavy (non-hydrogen) atoms. The standard InChI is InChI=1S/C17H24N2OS/c1-13(2)9-18-10-15-3-4-16(20-15)12-19-7-5-17-14(11-19)6-8-21-17/h3-4,6,8,13,18H,5,7,9-12H2,1-2H3. The Morgan fingerprint density at radius 2 is 2.14 bits per heavy atom. The molecule has 0 bridgehead atoms. The number of fused-ring (bicyclic) bond motifs is 1. The van der Waals surface area contributed by atoms with E-state index in [1.807, 2.05) is 11.3 Å². The molecule has 0 saturated carbocycles. The lowest BCUT2D eigenvalue weighted by Gasteiger charge is -2.25. The first kappa shape index (κ1) is 14.8. The Kier molecular flexibility index (Phi) is 4.78. The van der Waals surface area contributed by atoms with Gasteiger partial charge in [-0.3, -0.25) is 4.90 Å². The molecule has 4 heteroatoms. The molecule has 0 radical (unpaired) electrons. The third kappa shape index (κ3) is 3.96. The molecule has 0 unspecified atom stereocenters. The van der Waals surface area contributed by atoms with Gasteiger partial charge in [0.2, 0.25) is 0 Å². The van der Waals surface area contributed by atoms with Gasteiger partial charge in [0.25, 0.3) is 0 Å². The normalized spacial score (nSPS) is 15.6. The van der Waals surface area contributed by atoms with E-state index >= 15 is 0 Å². The van der Waals surface area contributed by atoms with Crippen LogP contribution in [0, 0.1) is 5.92 Å². The number of nitrogens with zero attached hydrogens (tertiary/aromatic N) is 1. The van der Waals surface area contributed by atoms with Crippen molar-refractivity contribution < 1.29 is 4.42 Å². The second kappa shape index (κ2) is 6.77. The van der Waals surface area contributed by atoms with Crippen LogP contribution in [0.2, 0.25) is 0 Å². The van der Waals surface area contributed by atoms with E-state index in [0.29, 0.717) is 5.92 Å². The van der Waals surface area contributed by atoms with Gasteiger partial charge < -0.3 is 9.73 Å². The fourth-order valence-corrected chi connectivity index (χ4v) is 3.64. The van der Waals surface area contributed by atoms with Crippen molar-refractivity contribution >= 4 is 11.3 Å². The van der Waals surface area contributed by atoms with Crippen molar-refractivity contribution in [3.63, 3.8) is 0 Å². The van der Waals surface area contributed by atoms with Crippen LogP contribution in [0.25, 0.3) is 0 Å². The summed E-state index contributed by atoms with van der Waals surface area (Å²) in [7, 11) is 0. The Morgan fingerprint density at radius 1 is 1.29 bits per heavy atom. The SMILES string of the molecule is CC(C)CNCc1ccc(CN2CCc3sccc3C2)o1. The van der Waals surface area contributed by atoms with E-state index in [1.54, 1.807) is 4.88 Å². The summed E-state index contributed by atoms with van der Waals surface area (Å²) in [6.45, 7) is 9.40. The van der Waals surface area contributed by atoms with Gasteiger partial charge in [-0.1, -0.05) is 13.8 Å². The Labute approximate surface area is 131 Å². The highest BCUT2D eigenvalue weighted by Crippen LogP contribution is 2.25. The van der Waals surface area contributed by atoms with E-state index in [4.69, 9.17) is 4.42 Å². The van der Waals surface area contributed by atoms with Gasteiger partial charge in [-0.15, -0.1) is 11.3 Å². The summed E-state index contributed by atoms with van der Waals surface area (Å²) in [5, 5.41) is 5.63. The van der Waals surface area contributed by atoms with Gasteiger partial charge in [0.15, 0.2) is 0 Å². The molecule has 0 aliphatic carbocycles. The highest BCUT2D eigenvalue weighted by Gasteiger charge is 2.18. The summed E-state index contributed by atoms with van der Waals surface area (Å²) in [6.07, 6.45) is 1.18. The summed E-state index contributed by atoms with van der Waals surface area (Å²) < 4.78 is 5.94. The van der Waals surface area contributed by atoms with Crippen LogP contribution >= 0.6 is 11.3 Å². The van der Waals surface area contributed by atoms with E-state index < -0.39 is 0 Å². The first-order valence-corrected chi connectivity index (χ1v) is 8.64. The fourth-order valence-electron chi connectivity index (χ4n) is 2.75. The smallest absolute Gasteiger partial charge is 0.118 e. The molecule has 0 fully saturated rings. The van der Waals surface area contributed by atoms with E-state index in [-0.39, 0.29) is 0 Å². The third-order valence-electron chi connectivity index (χ3n) is 3.84. The lowest BCUT2D eigenvalue weighted by molar-refractivity contribution is 0.225. The largest absolute Gasteiger partial charge is 0.463 e. The van der Waals surface area contributed by atoms with Crippen LogP contribution in [0.3, 0.4) is 0 Å². The van der Waals surface area contributed by atoms with Gasteiger partial charge in [-0.25, -0.2) is 0 Å². The van der Waals surface area contributed by atoms with Crippen LogP contribution in [-0.4, -0.2) is 18.0 Å². The van der Waals surface area contributed by atoms with Crippen LogP contribution in [-0.2, 0) is 26.1 Å². The van der Waals surface area contributed by atoms with Crippen molar-refractivity contribution in [3.05, 3.63) is 45.5 Å². The first-order valence-electron chi connectivity index (χ1n) is 7.76. The van der Waals surface area contributed by atoms with Crippen molar-refractivity contribution in [2.24, 2.45) is 5.92 Å². The highest BCUT2D eigenvalue weighted by atomic mass is 32.1. The van der Waals surface area contributed by atoms with Crippen molar-refractivity contribution in [2.45, 2.75) is 39.9 Å². The van der Waals surface area contributed by atoms with Crippen molar-refractivity contribution in [1.29, 1.82) is 0 Å². The monoisotopic (exact) mass is 304 g/mol. The van der Waals surface area contributed by atoms with Crippen LogP contribution in [0.5, 0.6) is 0 Å². The third-order valence-corrected chi connectivity index (χ3v) is 4.86. The van der Waals surface area contributed by atoms with Gasteiger partial charge in [0, 0.05) is 18.0 Å². The lowest BCUT2D eigenvalue weighted by Crippen LogP contribution is -2.28. The Morgan fingerprint density at radius 3 is 3.00 bits per heavy atom. The Bertz CT molecular complexity index is 573.